The number of nitrogens with zero attached hydrogens (tertiary/aromatic N) is 2. The number of halogens is 1. The molecule has 214 valence electrons. The molecule has 0 aromatic heterocycles. The second-order valence-corrected chi connectivity index (χ2v) is 10.7. The Bertz CT molecular complexity index is 1380. The van der Waals surface area contributed by atoms with E-state index in [1.54, 1.807) is 57.4 Å². The number of rotatable bonds is 13. The number of carbonyl (C=O) groups is 2. The van der Waals surface area contributed by atoms with Gasteiger partial charge in [-0.1, -0.05) is 12.1 Å². The van der Waals surface area contributed by atoms with Crippen LogP contribution in [0.1, 0.15) is 26.3 Å². The van der Waals surface area contributed by atoms with Crippen molar-refractivity contribution >= 4 is 27.5 Å². The van der Waals surface area contributed by atoms with Crippen LogP contribution in [-0.2, 0) is 26.2 Å². The van der Waals surface area contributed by atoms with Gasteiger partial charge in [-0.3, -0.25) is 13.9 Å². The lowest BCUT2D eigenvalue weighted by atomic mass is 10.1. The average Bonchev–Trinajstić information content (AvgIpc) is 2.95. The Morgan fingerprint density at radius 2 is 1.52 bits per heavy atom. The van der Waals surface area contributed by atoms with Gasteiger partial charge in [0.1, 0.15) is 29.9 Å². The zero-order valence-corrected chi connectivity index (χ0v) is 23.8. The van der Waals surface area contributed by atoms with Crippen LogP contribution in [0.15, 0.2) is 77.7 Å². The van der Waals surface area contributed by atoms with Gasteiger partial charge in [0.2, 0.25) is 11.8 Å². The first-order valence-corrected chi connectivity index (χ1v) is 14.3. The zero-order valence-electron chi connectivity index (χ0n) is 23.0. The molecule has 0 heterocycles. The van der Waals surface area contributed by atoms with Crippen molar-refractivity contribution in [3.05, 3.63) is 84.2 Å². The molecule has 0 aliphatic heterocycles. The van der Waals surface area contributed by atoms with Crippen molar-refractivity contribution in [3.8, 4) is 11.5 Å². The number of methoxy groups -OCH3 is 1. The molecule has 3 aromatic rings. The quantitative estimate of drug-likeness (QED) is 0.333. The van der Waals surface area contributed by atoms with Gasteiger partial charge in [0.05, 0.1) is 24.3 Å². The molecule has 2 amide bonds. The van der Waals surface area contributed by atoms with Crippen molar-refractivity contribution in [2.75, 3.05) is 31.1 Å². The van der Waals surface area contributed by atoms with Crippen molar-refractivity contribution in [2.45, 2.75) is 38.3 Å². The molecule has 0 bridgehead atoms. The number of hydrogen-bond acceptors (Lipinski definition) is 6. The molecule has 0 spiro atoms. The molecule has 3 rings (SSSR count). The number of benzene rings is 3. The number of carbonyl (C=O) groups excluding carboxylic acids is 2. The van der Waals surface area contributed by atoms with E-state index in [0.29, 0.717) is 24.7 Å². The van der Waals surface area contributed by atoms with E-state index >= 15 is 0 Å². The van der Waals surface area contributed by atoms with E-state index in [9.17, 15) is 22.4 Å². The van der Waals surface area contributed by atoms with Crippen LogP contribution in [-0.4, -0.2) is 58.0 Å². The number of nitrogens with one attached hydrogen (secondary N) is 1. The van der Waals surface area contributed by atoms with Gasteiger partial charge < -0.3 is 19.7 Å². The Kier molecular flexibility index (Phi) is 10.5. The molecule has 0 saturated carbocycles. The Balaban J connectivity index is 2.02. The van der Waals surface area contributed by atoms with Crippen LogP contribution in [0.2, 0.25) is 0 Å². The summed E-state index contributed by atoms with van der Waals surface area (Å²) in [4.78, 5) is 27.8. The summed E-state index contributed by atoms with van der Waals surface area (Å²) >= 11 is 0. The number of ether oxygens (including phenoxy) is 2. The predicted molar refractivity (Wildman–Crippen MR) is 150 cm³/mol. The maximum absolute atomic E-state index is 13.8. The van der Waals surface area contributed by atoms with Crippen LogP contribution in [0.4, 0.5) is 10.1 Å². The second-order valence-electron chi connectivity index (χ2n) is 8.83. The van der Waals surface area contributed by atoms with Crippen molar-refractivity contribution in [2.24, 2.45) is 0 Å². The molecule has 0 saturated heterocycles. The summed E-state index contributed by atoms with van der Waals surface area (Å²) < 4.78 is 52.7. The fourth-order valence-electron chi connectivity index (χ4n) is 3.97. The van der Waals surface area contributed by atoms with Crippen LogP contribution in [0.5, 0.6) is 11.5 Å². The Hall–Kier alpha value is -4.12. The van der Waals surface area contributed by atoms with E-state index < -0.39 is 34.3 Å². The summed E-state index contributed by atoms with van der Waals surface area (Å²) in [6.07, 6.45) is 0. The molecule has 1 unspecified atom stereocenters. The average molecular weight is 572 g/mol. The minimum atomic E-state index is -4.30. The molecule has 1 N–H and O–H groups in total. The maximum Gasteiger partial charge on any atom is 0.264 e. The number of hydrogen-bond donors (Lipinski definition) is 1. The fourth-order valence-corrected chi connectivity index (χ4v) is 5.38. The summed E-state index contributed by atoms with van der Waals surface area (Å²) in [5, 5.41) is 2.72. The molecule has 0 aliphatic rings. The maximum atomic E-state index is 13.8. The normalized spacial score (nSPS) is 11.8. The van der Waals surface area contributed by atoms with Gasteiger partial charge in [-0.05, 0) is 87.0 Å². The van der Waals surface area contributed by atoms with Gasteiger partial charge in [0.15, 0.2) is 0 Å². The van der Waals surface area contributed by atoms with Gasteiger partial charge in [0, 0.05) is 13.1 Å². The Labute approximate surface area is 234 Å². The first kappa shape index (κ1) is 30.4. The zero-order chi connectivity index (χ0) is 29.3. The number of anilines is 1. The molecular weight excluding hydrogens is 537 g/mol. The van der Waals surface area contributed by atoms with Crippen molar-refractivity contribution in [3.63, 3.8) is 0 Å². The topological polar surface area (TPSA) is 105 Å². The smallest absolute Gasteiger partial charge is 0.264 e. The fraction of sp³-hybridized carbons (Fsp3) is 0.310. The molecule has 0 fully saturated rings. The SMILES string of the molecule is CCNC(=O)C(C)N(Cc1ccc(OC)cc1)C(=O)CN(c1ccc(OCC)cc1)S(=O)(=O)c1ccc(F)cc1. The third kappa shape index (κ3) is 7.50. The van der Waals surface area contributed by atoms with Crippen LogP contribution >= 0.6 is 0 Å². The van der Waals surface area contributed by atoms with E-state index in [1.165, 1.54) is 17.0 Å². The largest absolute Gasteiger partial charge is 0.497 e. The predicted octanol–water partition coefficient (Wildman–Crippen LogP) is 3.98. The minimum Gasteiger partial charge on any atom is -0.497 e. The number of sulfonamides is 1. The molecule has 1 atom stereocenters. The third-order valence-electron chi connectivity index (χ3n) is 6.15. The summed E-state index contributed by atoms with van der Waals surface area (Å²) in [6, 6.07) is 16.7. The van der Waals surface area contributed by atoms with Crippen LogP contribution in [0.3, 0.4) is 0 Å². The summed E-state index contributed by atoms with van der Waals surface area (Å²) in [5.74, 6) is -0.412. The highest BCUT2D eigenvalue weighted by atomic mass is 32.2. The van der Waals surface area contributed by atoms with Crippen molar-refractivity contribution in [1.29, 1.82) is 0 Å². The van der Waals surface area contributed by atoms with Crippen molar-refractivity contribution in [1.82, 2.24) is 10.2 Å². The van der Waals surface area contributed by atoms with Crippen LogP contribution in [0.25, 0.3) is 0 Å². The highest BCUT2D eigenvalue weighted by Crippen LogP contribution is 2.27. The molecule has 0 radical (unpaired) electrons. The van der Waals surface area contributed by atoms with E-state index in [4.69, 9.17) is 9.47 Å². The van der Waals surface area contributed by atoms with Gasteiger partial charge in [-0.2, -0.15) is 0 Å². The summed E-state index contributed by atoms with van der Waals surface area (Å²) in [6.45, 7) is 5.41. The molecule has 11 heteroatoms. The van der Waals surface area contributed by atoms with Crippen molar-refractivity contribution < 1.29 is 31.9 Å². The first-order chi connectivity index (χ1) is 19.1. The van der Waals surface area contributed by atoms with Crippen LogP contribution < -0.4 is 19.1 Å². The second kappa shape index (κ2) is 13.8. The van der Waals surface area contributed by atoms with E-state index in [2.05, 4.69) is 5.32 Å². The number of likely N-dealkylation sites (N-methyl/N-ethyl adjacent to an activating group) is 1. The highest BCUT2D eigenvalue weighted by molar-refractivity contribution is 7.92. The highest BCUT2D eigenvalue weighted by Gasteiger charge is 2.32. The lowest BCUT2D eigenvalue weighted by Gasteiger charge is -2.32. The molecule has 3 aromatic carbocycles. The van der Waals surface area contributed by atoms with E-state index in [1.807, 2.05) is 6.92 Å². The Morgan fingerprint density at radius 1 is 0.925 bits per heavy atom. The molecule has 9 nitrogen and oxygen atoms in total. The van der Waals surface area contributed by atoms with Crippen LogP contribution in [0, 0.1) is 5.82 Å². The monoisotopic (exact) mass is 571 g/mol. The van der Waals surface area contributed by atoms with E-state index in [-0.39, 0.29) is 23.0 Å². The molecular formula is C29H34FN3O6S. The lowest BCUT2D eigenvalue weighted by molar-refractivity contribution is -0.139. The summed E-state index contributed by atoms with van der Waals surface area (Å²) in [5.41, 5.74) is 0.926. The van der Waals surface area contributed by atoms with Gasteiger partial charge in [-0.25, -0.2) is 12.8 Å². The summed E-state index contributed by atoms with van der Waals surface area (Å²) in [7, 11) is -2.76. The van der Waals surface area contributed by atoms with Gasteiger partial charge in [0.25, 0.3) is 10.0 Å². The van der Waals surface area contributed by atoms with Gasteiger partial charge >= 0.3 is 0 Å². The molecule has 40 heavy (non-hydrogen) atoms. The van der Waals surface area contributed by atoms with E-state index in [0.717, 1.165) is 34.1 Å². The van der Waals surface area contributed by atoms with Gasteiger partial charge in [-0.15, -0.1) is 0 Å². The Morgan fingerprint density at radius 3 is 2.08 bits per heavy atom. The third-order valence-corrected chi connectivity index (χ3v) is 7.93. The lowest BCUT2D eigenvalue weighted by Crippen LogP contribution is -2.51. The number of amides is 2. The minimum absolute atomic E-state index is 0.0504. The standard InChI is InChI=1S/C29H34FN3O6S/c1-5-31-29(35)21(3)32(19-22-7-13-25(38-4)14-8-22)28(34)20-33(24-11-15-26(16-12-24)39-6-2)40(36,37)27-17-9-23(30)10-18-27/h7-18,21H,5-6,19-20H2,1-4H3,(H,31,35). The molecule has 0 aliphatic carbocycles. The first-order valence-electron chi connectivity index (χ1n) is 12.8.